The summed E-state index contributed by atoms with van der Waals surface area (Å²) in [4.78, 5) is 4.99. The van der Waals surface area contributed by atoms with Gasteiger partial charge in [-0.05, 0) is 147 Å². The third-order valence-corrected chi connectivity index (χ3v) is 16.8. The van der Waals surface area contributed by atoms with E-state index in [9.17, 15) is 0 Å². The van der Waals surface area contributed by atoms with Gasteiger partial charge in [0.15, 0.2) is 0 Å². The SMILES string of the molecule is Cc1ccc(N(c2ccc(C(C)(C)C)cc2)c2cc3c(c4ccccc24)-c2c(cc(N(c4ccc(C)cc4)c4ccc(C(C)(C)C)cc4)c4c2oc2ccccc24)C32c3ccccc3C(C)(C)c3ccccc32)cc1. The molecule has 0 amide bonds. The molecule has 0 saturated heterocycles. The molecule has 0 saturated carbocycles. The van der Waals surface area contributed by atoms with E-state index in [1.54, 1.807) is 0 Å². The van der Waals surface area contributed by atoms with Crippen molar-refractivity contribution < 1.29 is 4.42 Å². The molecule has 1 spiro atoms. The van der Waals surface area contributed by atoms with E-state index >= 15 is 0 Å². The molecule has 2 aliphatic carbocycles. The van der Waals surface area contributed by atoms with Crippen molar-refractivity contribution in [3.05, 3.63) is 262 Å². The fourth-order valence-electron chi connectivity index (χ4n) is 12.9. The average molecular weight is 973 g/mol. The fourth-order valence-corrected chi connectivity index (χ4v) is 12.9. The van der Waals surface area contributed by atoms with Crippen LogP contribution in [-0.4, -0.2) is 0 Å². The summed E-state index contributed by atoms with van der Waals surface area (Å²) in [5.74, 6) is 0. The second-order valence-electron chi connectivity index (χ2n) is 23.9. The minimum atomic E-state index is -0.780. The molecule has 368 valence electrons. The van der Waals surface area contributed by atoms with Gasteiger partial charge in [-0.3, -0.25) is 0 Å². The van der Waals surface area contributed by atoms with Crippen molar-refractivity contribution in [1.82, 2.24) is 0 Å². The van der Waals surface area contributed by atoms with Crippen LogP contribution in [0.4, 0.5) is 34.1 Å². The molecule has 0 atom stereocenters. The predicted octanol–water partition coefficient (Wildman–Crippen LogP) is 19.9. The zero-order chi connectivity index (χ0) is 51.8. The molecule has 0 bridgehead atoms. The molecule has 0 radical (unpaired) electrons. The normalized spacial score (nSPS) is 14.2. The first-order valence-corrected chi connectivity index (χ1v) is 26.7. The van der Waals surface area contributed by atoms with Crippen LogP contribution in [0.3, 0.4) is 0 Å². The molecule has 10 aromatic carbocycles. The van der Waals surface area contributed by atoms with E-state index in [1.807, 2.05) is 0 Å². The van der Waals surface area contributed by atoms with Crippen molar-refractivity contribution in [2.45, 2.75) is 90.9 Å². The Bertz CT molecular complexity index is 4000. The maximum atomic E-state index is 7.53. The highest BCUT2D eigenvalue weighted by Crippen LogP contribution is 2.67. The van der Waals surface area contributed by atoms with E-state index in [0.29, 0.717) is 0 Å². The van der Waals surface area contributed by atoms with Gasteiger partial charge >= 0.3 is 0 Å². The third-order valence-electron chi connectivity index (χ3n) is 16.8. The molecule has 3 heteroatoms. The molecule has 13 rings (SSSR count). The number of hydrogen-bond donors (Lipinski definition) is 0. The van der Waals surface area contributed by atoms with Gasteiger partial charge < -0.3 is 14.2 Å². The predicted molar refractivity (Wildman–Crippen MR) is 317 cm³/mol. The Hall–Kier alpha value is -8.14. The maximum Gasteiger partial charge on any atom is 0.145 e. The van der Waals surface area contributed by atoms with Crippen LogP contribution < -0.4 is 9.80 Å². The lowest BCUT2D eigenvalue weighted by Gasteiger charge is -2.47. The van der Waals surface area contributed by atoms with Crippen LogP contribution in [0, 0.1) is 13.8 Å². The van der Waals surface area contributed by atoms with Crippen LogP contribution in [0.25, 0.3) is 43.8 Å². The van der Waals surface area contributed by atoms with E-state index in [1.165, 1.54) is 72.0 Å². The summed E-state index contributed by atoms with van der Waals surface area (Å²) in [6.45, 7) is 22.9. The molecule has 2 aliphatic rings. The highest BCUT2D eigenvalue weighted by atomic mass is 16.3. The van der Waals surface area contributed by atoms with E-state index in [4.69, 9.17) is 4.42 Å². The Morgan fingerprint density at radius 3 is 1.25 bits per heavy atom. The highest BCUT2D eigenvalue weighted by Gasteiger charge is 2.55. The smallest absolute Gasteiger partial charge is 0.145 e. The molecular weight excluding hydrogens is 909 g/mol. The van der Waals surface area contributed by atoms with Gasteiger partial charge in [0.25, 0.3) is 0 Å². The first-order chi connectivity index (χ1) is 36.0. The third kappa shape index (κ3) is 7.00. The van der Waals surface area contributed by atoms with Crippen LogP contribution >= 0.6 is 0 Å². The molecule has 75 heavy (non-hydrogen) atoms. The number of benzene rings is 10. The Kier molecular flexibility index (Phi) is 10.4. The standard InChI is InChI=1S/C72H64N2O/c1-45-27-35-49(36-28-45)73(51-39-31-47(32-40-51)69(3,4)5)62-43-60-65(54-20-12-11-19-53(54)62)67-61(72(60)58-24-16-14-22-56(58)71(9,10)57-23-15-17-25-59(57)72)44-63(66-55-21-13-18-26-64(55)75-68(66)67)74(50-37-29-46(2)30-38-50)52-41-33-48(34-42-52)70(6,7)8/h11-44H,1-10H3. The van der Waals surface area contributed by atoms with Crippen LogP contribution in [-0.2, 0) is 21.7 Å². The van der Waals surface area contributed by atoms with Crippen LogP contribution in [0.1, 0.15) is 111 Å². The van der Waals surface area contributed by atoms with Crippen LogP contribution in [0.15, 0.2) is 211 Å². The summed E-state index contributed by atoms with van der Waals surface area (Å²) < 4.78 is 7.53. The number of aryl methyl sites for hydroxylation is 2. The zero-order valence-electron chi connectivity index (χ0n) is 44.9. The van der Waals surface area contributed by atoms with E-state index in [-0.39, 0.29) is 16.2 Å². The summed E-state index contributed by atoms with van der Waals surface area (Å²) in [5.41, 5.74) is 22.4. The molecule has 11 aromatic rings. The summed E-state index contributed by atoms with van der Waals surface area (Å²) in [5, 5.41) is 4.55. The molecule has 3 nitrogen and oxygen atoms in total. The lowest BCUT2D eigenvalue weighted by Crippen LogP contribution is -2.40. The molecule has 1 aromatic heterocycles. The highest BCUT2D eigenvalue weighted by molar-refractivity contribution is 6.23. The van der Waals surface area contributed by atoms with E-state index in [0.717, 1.165) is 61.6 Å². The summed E-state index contributed by atoms with van der Waals surface area (Å²) >= 11 is 0. The van der Waals surface area contributed by atoms with Crippen LogP contribution in [0.2, 0.25) is 0 Å². The van der Waals surface area contributed by atoms with Crippen molar-refractivity contribution in [3.8, 4) is 11.1 Å². The van der Waals surface area contributed by atoms with Gasteiger partial charge in [0.2, 0.25) is 0 Å². The number of nitrogens with zero attached hydrogens (tertiary/aromatic N) is 2. The molecule has 0 fully saturated rings. The average Bonchev–Trinajstić information content (AvgIpc) is 4.17. The zero-order valence-corrected chi connectivity index (χ0v) is 44.9. The number of anilines is 6. The Morgan fingerprint density at radius 1 is 0.373 bits per heavy atom. The minimum absolute atomic E-state index is 0.00491. The van der Waals surface area contributed by atoms with Crippen LogP contribution in [0.5, 0.6) is 0 Å². The van der Waals surface area contributed by atoms with Gasteiger partial charge in [0, 0.05) is 44.5 Å². The van der Waals surface area contributed by atoms with Gasteiger partial charge in [-0.15, -0.1) is 0 Å². The van der Waals surface area contributed by atoms with Gasteiger partial charge in [-0.25, -0.2) is 0 Å². The fraction of sp³-hybridized carbons (Fsp3) is 0.194. The first-order valence-electron chi connectivity index (χ1n) is 26.7. The lowest BCUT2D eigenvalue weighted by molar-refractivity contribution is 0.563. The summed E-state index contributed by atoms with van der Waals surface area (Å²) in [7, 11) is 0. The topological polar surface area (TPSA) is 19.6 Å². The van der Waals surface area contributed by atoms with Crippen molar-refractivity contribution in [2.24, 2.45) is 0 Å². The van der Waals surface area contributed by atoms with E-state index in [2.05, 4.69) is 285 Å². The minimum Gasteiger partial charge on any atom is -0.455 e. The molecule has 0 aliphatic heterocycles. The second-order valence-corrected chi connectivity index (χ2v) is 23.9. The number of para-hydroxylation sites is 1. The maximum absolute atomic E-state index is 7.53. The first kappa shape index (κ1) is 46.6. The van der Waals surface area contributed by atoms with Gasteiger partial charge in [0.05, 0.1) is 22.2 Å². The number of hydrogen-bond acceptors (Lipinski definition) is 3. The van der Waals surface area contributed by atoms with Gasteiger partial charge in [-0.2, -0.15) is 0 Å². The lowest BCUT2D eigenvalue weighted by atomic mass is 9.55. The van der Waals surface area contributed by atoms with E-state index < -0.39 is 5.41 Å². The molecular formula is C72H64N2O. The van der Waals surface area contributed by atoms with Crippen molar-refractivity contribution in [2.75, 3.05) is 9.80 Å². The summed E-state index contributed by atoms with van der Waals surface area (Å²) in [6, 6.07) is 78.1. The number of rotatable bonds is 6. The van der Waals surface area contributed by atoms with Crippen molar-refractivity contribution >= 4 is 66.8 Å². The van der Waals surface area contributed by atoms with Crippen molar-refractivity contribution in [3.63, 3.8) is 0 Å². The largest absolute Gasteiger partial charge is 0.455 e. The second kappa shape index (κ2) is 16.7. The van der Waals surface area contributed by atoms with Gasteiger partial charge in [-0.1, -0.05) is 206 Å². The monoisotopic (exact) mass is 973 g/mol. The Labute approximate surface area is 442 Å². The van der Waals surface area contributed by atoms with Crippen molar-refractivity contribution in [1.29, 1.82) is 0 Å². The molecule has 1 heterocycles. The quantitative estimate of drug-likeness (QED) is 0.166. The summed E-state index contributed by atoms with van der Waals surface area (Å²) in [6.07, 6.45) is 0. The number of fused-ring (bicyclic) bond motifs is 15. The molecule has 0 N–H and O–H groups in total. The number of furan rings is 1. The molecule has 0 unspecified atom stereocenters. The Balaban J connectivity index is 1.22. The Morgan fingerprint density at radius 2 is 0.760 bits per heavy atom. The van der Waals surface area contributed by atoms with Gasteiger partial charge in [0.1, 0.15) is 11.2 Å².